The van der Waals surface area contributed by atoms with Gasteiger partial charge in [-0.05, 0) is 42.3 Å². The lowest BCUT2D eigenvalue weighted by Crippen LogP contribution is -2.30. The third kappa shape index (κ3) is 3.31. The monoisotopic (exact) mass is 382 g/mol. The van der Waals surface area contributed by atoms with Crippen LogP contribution in [0.4, 0.5) is 0 Å². The molecular weight excluding hydrogens is 360 g/mol. The molecule has 0 aliphatic carbocycles. The summed E-state index contributed by atoms with van der Waals surface area (Å²) >= 11 is 0. The van der Waals surface area contributed by atoms with Crippen LogP contribution in [0.3, 0.4) is 0 Å². The minimum absolute atomic E-state index is 0.0243. The number of hydrogen-bond acceptors (Lipinski definition) is 6. The Morgan fingerprint density at radius 3 is 2.46 bits per heavy atom. The number of carbonyl (C=O) groups is 2. The molecular formula is C21H22N2O5. The quantitative estimate of drug-likeness (QED) is 0.469. The molecule has 0 saturated carbocycles. The summed E-state index contributed by atoms with van der Waals surface area (Å²) in [6.07, 6.45) is 3.86. The van der Waals surface area contributed by atoms with Crippen LogP contribution >= 0.6 is 0 Å². The van der Waals surface area contributed by atoms with Crippen molar-refractivity contribution >= 4 is 17.4 Å². The summed E-state index contributed by atoms with van der Waals surface area (Å²) in [5, 5.41) is 11.1. The fourth-order valence-electron chi connectivity index (χ4n) is 3.39. The van der Waals surface area contributed by atoms with Crippen LogP contribution in [0.2, 0.25) is 0 Å². The first kappa shape index (κ1) is 19.4. The van der Waals surface area contributed by atoms with Crippen LogP contribution in [0, 0.1) is 0 Å². The van der Waals surface area contributed by atoms with Gasteiger partial charge in [-0.15, -0.1) is 0 Å². The molecule has 1 N–H and O–H groups in total. The number of methoxy groups -OCH3 is 2. The molecule has 3 rings (SSSR count). The third-order valence-corrected chi connectivity index (χ3v) is 4.69. The van der Waals surface area contributed by atoms with E-state index in [0.29, 0.717) is 30.0 Å². The molecule has 1 amide bonds. The predicted molar refractivity (Wildman–Crippen MR) is 103 cm³/mol. The number of likely N-dealkylation sites (tertiary alicyclic amines) is 1. The van der Waals surface area contributed by atoms with Crippen LogP contribution in [0.15, 0.2) is 48.3 Å². The predicted octanol–water partition coefficient (Wildman–Crippen LogP) is 2.93. The number of aliphatic hydroxyl groups is 1. The lowest BCUT2D eigenvalue weighted by molar-refractivity contribution is -0.139. The zero-order valence-corrected chi connectivity index (χ0v) is 16.0. The number of nitrogens with zero attached hydrogens (tertiary/aromatic N) is 2. The van der Waals surface area contributed by atoms with Crippen molar-refractivity contribution in [2.45, 2.75) is 19.4 Å². The molecule has 1 fully saturated rings. The fraction of sp³-hybridized carbons (Fsp3) is 0.286. The summed E-state index contributed by atoms with van der Waals surface area (Å²) in [7, 11) is 2.97. The standard InChI is InChI=1S/C21H22N2O5/c1-4-11-23-18(13-7-9-22-10-8-13)17(20(25)21(23)26)19(24)15-12-14(27-2)5-6-16(15)28-3/h5-10,12,18,24H,4,11H2,1-3H3/b19-17+. The number of pyridine rings is 1. The lowest BCUT2D eigenvalue weighted by Gasteiger charge is -2.24. The summed E-state index contributed by atoms with van der Waals surface area (Å²) in [6.45, 7) is 2.32. The average molecular weight is 382 g/mol. The van der Waals surface area contributed by atoms with Crippen molar-refractivity contribution in [3.8, 4) is 11.5 Å². The number of hydrogen-bond donors (Lipinski definition) is 1. The Hall–Kier alpha value is -3.35. The smallest absolute Gasteiger partial charge is 0.295 e. The van der Waals surface area contributed by atoms with E-state index in [1.54, 1.807) is 42.7 Å². The highest BCUT2D eigenvalue weighted by Crippen LogP contribution is 2.41. The van der Waals surface area contributed by atoms with Gasteiger partial charge in [0, 0.05) is 18.9 Å². The average Bonchev–Trinajstić information content (AvgIpc) is 2.98. The maximum atomic E-state index is 12.8. The first-order valence-electron chi connectivity index (χ1n) is 8.94. The number of benzene rings is 1. The molecule has 28 heavy (non-hydrogen) atoms. The largest absolute Gasteiger partial charge is 0.507 e. The van der Waals surface area contributed by atoms with Crippen LogP contribution in [0.5, 0.6) is 11.5 Å². The number of ether oxygens (including phenoxy) is 2. The number of ketones is 1. The van der Waals surface area contributed by atoms with Crippen molar-refractivity contribution in [1.82, 2.24) is 9.88 Å². The molecule has 1 unspecified atom stereocenters. The van der Waals surface area contributed by atoms with Gasteiger partial charge in [0.15, 0.2) is 0 Å². The summed E-state index contributed by atoms with van der Waals surface area (Å²) < 4.78 is 10.6. The third-order valence-electron chi connectivity index (χ3n) is 4.69. The second kappa shape index (κ2) is 8.12. The first-order valence-corrected chi connectivity index (χ1v) is 8.94. The van der Waals surface area contributed by atoms with Crippen molar-refractivity contribution in [3.05, 3.63) is 59.4 Å². The van der Waals surface area contributed by atoms with Crippen molar-refractivity contribution in [3.63, 3.8) is 0 Å². The number of aliphatic hydroxyl groups excluding tert-OH is 1. The number of carbonyl (C=O) groups excluding carboxylic acids is 2. The second-order valence-electron chi connectivity index (χ2n) is 6.34. The van der Waals surface area contributed by atoms with E-state index in [2.05, 4.69) is 4.98 Å². The SMILES string of the molecule is CCCN1C(=O)C(=O)/C(=C(/O)c2cc(OC)ccc2OC)C1c1ccncc1. The molecule has 1 aromatic carbocycles. The fourth-order valence-corrected chi connectivity index (χ4v) is 3.39. The van der Waals surface area contributed by atoms with Gasteiger partial charge in [-0.3, -0.25) is 14.6 Å². The van der Waals surface area contributed by atoms with Gasteiger partial charge in [-0.2, -0.15) is 0 Å². The Bertz CT molecular complexity index is 924. The van der Waals surface area contributed by atoms with Crippen LogP contribution in [-0.4, -0.2) is 47.4 Å². The topological polar surface area (TPSA) is 89.0 Å². The van der Waals surface area contributed by atoms with E-state index in [1.165, 1.54) is 19.1 Å². The summed E-state index contributed by atoms with van der Waals surface area (Å²) in [5.41, 5.74) is 1.01. The molecule has 1 aromatic heterocycles. The molecule has 2 aromatic rings. The molecule has 7 heteroatoms. The van der Waals surface area contributed by atoms with Gasteiger partial charge < -0.3 is 19.5 Å². The summed E-state index contributed by atoms with van der Waals surface area (Å²) in [4.78, 5) is 31.0. The molecule has 2 heterocycles. The van der Waals surface area contributed by atoms with Gasteiger partial charge in [0.1, 0.15) is 17.3 Å². The van der Waals surface area contributed by atoms with E-state index in [0.717, 1.165) is 0 Å². The Morgan fingerprint density at radius 2 is 1.86 bits per heavy atom. The van der Waals surface area contributed by atoms with E-state index in [1.807, 2.05) is 6.92 Å². The number of aromatic nitrogens is 1. The van der Waals surface area contributed by atoms with Gasteiger partial charge in [0.05, 0.1) is 31.4 Å². The number of Topliss-reactive ketones (excluding diaryl/α,β-unsaturated/α-hetero) is 1. The van der Waals surface area contributed by atoms with Crippen molar-refractivity contribution in [2.75, 3.05) is 20.8 Å². The van der Waals surface area contributed by atoms with E-state index >= 15 is 0 Å². The van der Waals surface area contributed by atoms with Crippen molar-refractivity contribution in [2.24, 2.45) is 0 Å². The molecule has 1 aliphatic heterocycles. The highest BCUT2D eigenvalue weighted by Gasteiger charge is 2.45. The van der Waals surface area contributed by atoms with Gasteiger partial charge in [0.2, 0.25) is 0 Å². The van der Waals surface area contributed by atoms with E-state index in [9.17, 15) is 14.7 Å². The van der Waals surface area contributed by atoms with E-state index in [-0.39, 0.29) is 16.9 Å². The summed E-state index contributed by atoms with van der Waals surface area (Å²) in [6, 6.07) is 7.66. The Balaban J connectivity index is 2.24. The minimum Gasteiger partial charge on any atom is -0.507 e. The maximum absolute atomic E-state index is 12.8. The highest BCUT2D eigenvalue weighted by atomic mass is 16.5. The maximum Gasteiger partial charge on any atom is 0.295 e. The lowest BCUT2D eigenvalue weighted by atomic mass is 9.95. The molecule has 0 radical (unpaired) electrons. The van der Waals surface area contributed by atoms with Crippen LogP contribution in [-0.2, 0) is 9.59 Å². The van der Waals surface area contributed by atoms with Crippen LogP contribution in [0.1, 0.15) is 30.5 Å². The zero-order chi connectivity index (χ0) is 20.3. The normalized spacial score (nSPS) is 18.4. The van der Waals surface area contributed by atoms with E-state index < -0.39 is 17.7 Å². The van der Waals surface area contributed by atoms with Gasteiger partial charge in [-0.25, -0.2) is 0 Å². The molecule has 0 spiro atoms. The van der Waals surface area contributed by atoms with Gasteiger partial charge in [0.25, 0.3) is 11.7 Å². The zero-order valence-electron chi connectivity index (χ0n) is 16.0. The van der Waals surface area contributed by atoms with Crippen molar-refractivity contribution < 1.29 is 24.2 Å². The first-order chi connectivity index (χ1) is 13.5. The minimum atomic E-state index is -0.724. The number of rotatable bonds is 6. The molecule has 7 nitrogen and oxygen atoms in total. The molecule has 1 aliphatic rings. The van der Waals surface area contributed by atoms with E-state index in [4.69, 9.17) is 9.47 Å². The molecule has 0 bridgehead atoms. The second-order valence-corrected chi connectivity index (χ2v) is 6.34. The summed E-state index contributed by atoms with van der Waals surface area (Å²) in [5.74, 6) is -0.793. The Kier molecular flexibility index (Phi) is 5.63. The molecule has 146 valence electrons. The van der Waals surface area contributed by atoms with Crippen LogP contribution < -0.4 is 9.47 Å². The van der Waals surface area contributed by atoms with Gasteiger partial charge in [-0.1, -0.05) is 6.92 Å². The molecule has 1 atom stereocenters. The molecule has 1 saturated heterocycles. The highest BCUT2D eigenvalue weighted by molar-refractivity contribution is 6.46. The number of amides is 1. The Morgan fingerprint density at radius 1 is 1.14 bits per heavy atom. The van der Waals surface area contributed by atoms with Crippen LogP contribution in [0.25, 0.3) is 5.76 Å². The van der Waals surface area contributed by atoms with Gasteiger partial charge >= 0.3 is 0 Å². The van der Waals surface area contributed by atoms with Crippen molar-refractivity contribution in [1.29, 1.82) is 0 Å². The Labute approximate surface area is 163 Å².